The van der Waals surface area contributed by atoms with Crippen LogP contribution in [-0.2, 0) is 0 Å². The molecule has 0 spiro atoms. The molecule has 0 aliphatic rings. The maximum absolute atomic E-state index is 12.6. The zero-order chi connectivity index (χ0) is 16.8. The molecule has 2 rings (SSSR count). The normalized spacial score (nSPS) is 12.0. The Balaban J connectivity index is 2.11. The van der Waals surface area contributed by atoms with Crippen molar-refractivity contribution in [2.75, 3.05) is 25.5 Å². The molecular formula is C19H25N3O. The number of anilines is 1. The number of pyridine rings is 1. The molecule has 0 aliphatic heterocycles. The summed E-state index contributed by atoms with van der Waals surface area (Å²) in [5.74, 6) is 1.34. The van der Waals surface area contributed by atoms with Gasteiger partial charge in [0.15, 0.2) is 0 Å². The SMILES string of the molecule is CC(C)C(CNC(=O)c1cccnc1N(C)C)c1ccccc1. The topological polar surface area (TPSA) is 45.2 Å². The number of carbonyl (C=O) groups is 1. The van der Waals surface area contributed by atoms with Crippen LogP contribution in [0.2, 0.25) is 0 Å². The Hall–Kier alpha value is -2.36. The van der Waals surface area contributed by atoms with E-state index >= 15 is 0 Å². The summed E-state index contributed by atoms with van der Waals surface area (Å²) in [5.41, 5.74) is 1.86. The molecule has 4 nitrogen and oxygen atoms in total. The lowest BCUT2D eigenvalue weighted by molar-refractivity contribution is 0.0949. The molecule has 1 aromatic heterocycles. The van der Waals surface area contributed by atoms with Crippen molar-refractivity contribution in [1.29, 1.82) is 0 Å². The third-order valence-corrected chi connectivity index (χ3v) is 3.97. The van der Waals surface area contributed by atoms with Gasteiger partial charge in [-0.25, -0.2) is 4.98 Å². The summed E-state index contributed by atoms with van der Waals surface area (Å²) in [6.07, 6.45) is 1.70. The molecule has 0 saturated carbocycles. The van der Waals surface area contributed by atoms with E-state index in [4.69, 9.17) is 0 Å². The number of amides is 1. The van der Waals surface area contributed by atoms with E-state index in [0.29, 0.717) is 29.8 Å². The van der Waals surface area contributed by atoms with Crippen LogP contribution >= 0.6 is 0 Å². The van der Waals surface area contributed by atoms with Crippen LogP contribution in [0.1, 0.15) is 35.7 Å². The van der Waals surface area contributed by atoms with Gasteiger partial charge in [-0.2, -0.15) is 0 Å². The van der Waals surface area contributed by atoms with Gasteiger partial charge < -0.3 is 10.2 Å². The molecule has 1 amide bonds. The van der Waals surface area contributed by atoms with E-state index in [9.17, 15) is 4.79 Å². The Morgan fingerprint density at radius 2 is 1.83 bits per heavy atom. The van der Waals surface area contributed by atoms with Crippen molar-refractivity contribution in [2.24, 2.45) is 5.92 Å². The second-order valence-corrected chi connectivity index (χ2v) is 6.24. The summed E-state index contributed by atoms with van der Waals surface area (Å²) in [7, 11) is 3.78. The van der Waals surface area contributed by atoms with Crippen LogP contribution in [0.3, 0.4) is 0 Å². The van der Waals surface area contributed by atoms with E-state index < -0.39 is 0 Å². The fraction of sp³-hybridized carbons (Fsp3) is 0.368. The lowest BCUT2D eigenvalue weighted by Crippen LogP contribution is -2.31. The zero-order valence-electron chi connectivity index (χ0n) is 14.3. The smallest absolute Gasteiger partial charge is 0.255 e. The summed E-state index contributed by atoms with van der Waals surface area (Å²) < 4.78 is 0. The van der Waals surface area contributed by atoms with Crippen molar-refractivity contribution in [2.45, 2.75) is 19.8 Å². The highest BCUT2D eigenvalue weighted by Crippen LogP contribution is 2.23. The second kappa shape index (κ2) is 7.77. The van der Waals surface area contributed by atoms with Crippen LogP contribution in [0.4, 0.5) is 5.82 Å². The molecule has 0 bridgehead atoms. The highest BCUT2D eigenvalue weighted by molar-refractivity contribution is 5.98. The second-order valence-electron chi connectivity index (χ2n) is 6.24. The first kappa shape index (κ1) is 17.0. The number of rotatable bonds is 6. The van der Waals surface area contributed by atoms with Crippen LogP contribution in [0.25, 0.3) is 0 Å². The Labute approximate surface area is 138 Å². The lowest BCUT2D eigenvalue weighted by atomic mass is 9.88. The van der Waals surface area contributed by atoms with Gasteiger partial charge in [0.1, 0.15) is 5.82 Å². The number of carbonyl (C=O) groups excluding carboxylic acids is 1. The number of aromatic nitrogens is 1. The number of nitrogens with zero attached hydrogens (tertiary/aromatic N) is 2. The molecule has 1 unspecified atom stereocenters. The van der Waals surface area contributed by atoms with Crippen LogP contribution in [0, 0.1) is 5.92 Å². The summed E-state index contributed by atoms with van der Waals surface area (Å²) in [6.45, 7) is 4.97. The van der Waals surface area contributed by atoms with Crippen molar-refractivity contribution in [3.63, 3.8) is 0 Å². The van der Waals surface area contributed by atoms with Gasteiger partial charge in [-0.3, -0.25) is 4.79 Å². The van der Waals surface area contributed by atoms with Gasteiger partial charge in [0, 0.05) is 32.8 Å². The predicted molar refractivity (Wildman–Crippen MR) is 94.9 cm³/mol. The van der Waals surface area contributed by atoms with Crippen molar-refractivity contribution in [3.05, 3.63) is 59.8 Å². The minimum absolute atomic E-state index is 0.0802. The van der Waals surface area contributed by atoms with E-state index in [1.54, 1.807) is 12.3 Å². The molecule has 0 radical (unpaired) electrons. The molecule has 0 fully saturated rings. The lowest BCUT2D eigenvalue weighted by Gasteiger charge is -2.22. The van der Waals surface area contributed by atoms with Crippen molar-refractivity contribution in [1.82, 2.24) is 10.3 Å². The van der Waals surface area contributed by atoms with E-state index in [2.05, 4.69) is 36.3 Å². The summed E-state index contributed by atoms with van der Waals surface area (Å²) in [4.78, 5) is 18.7. The Morgan fingerprint density at radius 3 is 2.43 bits per heavy atom. The van der Waals surface area contributed by atoms with Gasteiger partial charge in [0.2, 0.25) is 0 Å². The molecule has 122 valence electrons. The van der Waals surface area contributed by atoms with Gasteiger partial charge in [0.05, 0.1) is 5.56 Å². The predicted octanol–water partition coefficient (Wildman–Crippen LogP) is 3.32. The van der Waals surface area contributed by atoms with Gasteiger partial charge >= 0.3 is 0 Å². The summed E-state index contributed by atoms with van der Waals surface area (Å²) >= 11 is 0. The molecule has 1 N–H and O–H groups in total. The molecule has 1 aromatic carbocycles. The fourth-order valence-corrected chi connectivity index (χ4v) is 2.67. The number of nitrogens with one attached hydrogen (secondary N) is 1. The monoisotopic (exact) mass is 311 g/mol. The van der Waals surface area contributed by atoms with E-state index in [1.807, 2.05) is 43.3 Å². The van der Waals surface area contributed by atoms with E-state index in [1.165, 1.54) is 5.56 Å². The van der Waals surface area contributed by atoms with Crippen molar-refractivity contribution >= 4 is 11.7 Å². The maximum Gasteiger partial charge on any atom is 0.255 e. The van der Waals surface area contributed by atoms with E-state index in [-0.39, 0.29) is 5.91 Å². The third-order valence-electron chi connectivity index (χ3n) is 3.97. The molecular weight excluding hydrogens is 286 g/mol. The average Bonchev–Trinajstić information content (AvgIpc) is 2.55. The van der Waals surface area contributed by atoms with Crippen LogP contribution in [0.15, 0.2) is 48.7 Å². The molecule has 23 heavy (non-hydrogen) atoms. The minimum atomic E-state index is -0.0802. The Morgan fingerprint density at radius 1 is 1.13 bits per heavy atom. The highest BCUT2D eigenvalue weighted by Gasteiger charge is 2.19. The van der Waals surface area contributed by atoms with Gasteiger partial charge in [-0.15, -0.1) is 0 Å². The van der Waals surface area contributed by atoms with Gasteiger partial charge in [-0.1, -0.05) is 44.2 Å². The van der Waals surface area contributed by atoms with Gasteiger partial charge in [0.25, 0.3) is 5.91 Å². The van der Waals surface area contributed by atoms with Gasteiger partial charge in [-0.05, 0) is 23.6 Å². The standard InChI is InChI=1S/C19H25N3O/c1-14(2)17(15-9-6-5-7-10-15)13-21-19(23)16-11-8-12-20-18(16)22(3)4/h5-12,14,17H,13H2,1-4H3,(H,21,23). The van der Waals surface area contributed by atoms with Crippen LogP contribution in [-0.4, -0.2) is 31.5 Å². The van der Waals surface area contributed by atoms with Crippen molar-refractivity contribution in [3.8, 4) is 0 Å². The number of hydrogen-bond acceptors (Lipinski definition) is 3. The first-order chi connectivity index (χ1) is 11.0. The Bertz CT molecular complexity index is 638. The first-order valence-corrected chi connectivity index (χ1v) is 7.96. The molecule has 1 heterocycles. The third kappa shape index (κ3) is 4.31. The van der Waals surface area contributed by atoms with E-state index in [0.717, 1.165) is 0 Å². The highest BCUT2D eigenvalue weighted by atomic mass is 16.1. The molecule has 4 heteroatoms. The largest absolute Gasteiger partial charge is 0.362 e. The average molecular weight is 311 g/mol. The molecule has 0 aliphatic carbocycles. The summed E-state index contributed by atoms with van der Waals surface area (Å²) in [6, 6.07) is 13.9. The maximum atomic E-state index is 12.6. The van der Waals surface area contributed by atoms with Crippen LogP contribution < -0.4 is 10.2 Å². The first-order valence-electron chi connectivity index (χ1n) is 7.96. The molecule has 0 saturated heterocycles. The summed E-state index contributed by atoms with van der Waals surface area (Å²) in [5, 5.41) is 3.07. The molecule has 1 atom stereocenters. The minimum Gasteiger partial charge on any atom is -0.362 e. The van der Waals surface area contributed by atoms with Crippen LogP contribution in [0.5, 0.6) is 0 Å². The Kier molecular flexibility index (Phi) is 5.74. The molecule has 2 aromatic rings. The fourth-order valence-electron chi connectivity index (χ4n) is 2.67. The zero-order valence-corrected chi connectivity index (χ0v) is 14.3. The van der Waals surface area contributed by atoms with Crippen molar-refractivity contribution < 1.29 is 4.79 Å². The number of benzene rings is 1. The quantitative estimate of drug-likeness (QED) is 0.890. The number of hydrogen-bond donors (Lipinski definition) is 1.